The molecule has 4 amide bonds. The number of imide groups is 1. The minimum Gasteiger partial charge on any atom is -0.439 e. The fraction of sp³-hybridized carbons (Fsp3) is 0.400. The monoisotopic (exact) mass is 357 g/mol. The molecule has 2 fully saturated rings. The third-order valence-electron chi connectivity index (χ3n) is 3.99. The Morgan fingerprint density at radius 1 is 1.20 bits per heavy atom. The van der Waals surface area contributed by atoms with Crippen LogP contribution in [0.3, 0.4) is 0 Å². The largest absolute Gasteiger partial charge is 0.439 e. The lowest BCUT2D eigenvalue weighted by Gasteiger charge is -2.40. The van der Waals surface area contributed by atoms with Crippen LogP contribution in [-0.4, -0.2) is 54.1 Å². The summed E-state index contributed by atoms with van der Waals surface area (Å²) in [6.07, 6.45) is -5.11. The first kappa shape index (κ1) is 17.1. The van der Waals surface area contributed by atoms with Crippen molar-refractivity contribution >= 4 is 23.7 Å². The number of hydrogen-bond donors (Lipinski definition) is 1. The molecule has 7 nitrogen and oxygen atoms in total. The fourth-order valence-corrected chi connectivity index (χ4v) is 2.61. The number of urea groups is 1. The van der Waals surface area contributed by atoms with Gasteiger partial charge in [-0.25, -0.2) is 14.5 Å². The van der Waals surface area contributed by atoms with E-state index in [1.165, 1.54) is 17.0 Å². The molecule has 1 aromatic rings. The summed E-state index contributed by atoms with van der Waals surface area (Å²) in [6.45, 7) is 0.596. The summed E-state index contributed by atoms with van der Waals surface area (Å²) in [5.41, 5.74) is -0.545. The molecule has 2 aliphatic rings. The predicted molar refractivity (Wildman–Crippen MR) is 78.6 cm³/mol. The Labute approximate surface area is 140 Å². The molecule has 25 heavy (non-hydrogen) atoms. The molecule has 1 aromatic carbocycles. The van der Waals surface area contributed by atoms with Gasteiger partial charge in [-0.2, -0.15) is 13.2 Å². The van der Waals surface area contributed by atoms with Crippen LogP contribution in [0, 0.1) is 5.92 Å². The zero-order valence-corrected chi connectivity index (χ0v) is 12.9. The first-order valence-corrected chi connectivity index (χ1v) is 7.44. The molecule has 0 spiro atoms. The number of nitrogens with zero attached hydrogens (tertiary/aromatic N) is 2. The lowest BCUT2D eigenvalue weighted by Crippen LogP contribution is -2.55. The number of amides is 4. The van der Waals surface area contributed by atoms with E-state index in [2.05, 4.69) is 10.1 Å². The second-order valence-corrected chi connectivity index (χ2v) is 5.84. The van der Waals surface area contributed by atoms with Crippen molar-refractivity contribution in [2.24, 2.45) is 5.92 Å². The highest BCUT2D eigenvalue weighted by atomic mass is 19.4. The lowest BCUT2D eigenvalue weighted by molar-refractivity contribution is -0.137. The maximum absolute atomic E-state index is 12.5. The molecule has 0 aliphatic carbocycles. The van der Waals surface area contributed by atoms with Gasteiger partial charge in [0, 0.05) is 31.2 Å². The molecule has 134 valence electrons. The molecular weight excluding hydrogens is 343 g/mol. The van der Waals surface area contributed by atoms with Crippen LogP contribution in [-0.2, 0) is 15.7 Å². The minimum absolute atomic E-state index is 0.0482. The number of alkyl halides is 3. The Kier molecular flexibility index (Phi) is 4.27. The standard InChI is InChI=1S/C15H14F3N3O4/c16-15(17,18)10-1-3-11(4-2-10)19-13(23)20-5-9(6-20)7-21-12(22)8-25-14(21)24/h1-4,9H,5-8H2,(H,19,23). The second kappa shape index (κ2) is 6.26. The number of ether oxygens (including phenoxy) is 1. The number of carbonyl (C=O) groups is 3. The van der Waals surface area contributed by atoms with Crippen LogP contribution in [0.1, 0.15) is 5.56 Å². The highest BCUT2D eigenvalue weighted by molar-refractivity contribution is 5.97. The van der Waals surface area contributed by atoms with Gasteiger partial charge in [-0.1, -0.05) is 0 Å². The number of likely N-dealkylation sites (tertiary alicyclic amines) is 1. The van der Waals surface area contributed by atoms with E-state index in [9.17, 15) is 27.6 Å². The summed E-state index contributed by atoms with van der Waals surface area (Å²) in [6, 6.07) is 3.68. The van der Waals surface area contributed by atoms with E-state index in [-0.39, 0.29) is 24.8 Å². The van der Waals surface area contributed by atoms with Crippen LogP contribution in [0.2, 0.25) is 0 Å². The van der Waals surface area contributed by atoms with E-state index >= 15 is 0 Å². The highest BCUT2D eigenvalue weighted by Gasteiger charge is 2.38. The number of hydrogen-bond acceptors (Lipinski definition) is 4. The molecule has 2 heterocycles. The summed E-state index contributed by atoms with van der Waals surface area (Å²) in [5.74, 6) is -0.453. The summed E-state index contributed by atoms with van der Waals surface area (Å²) < 4.78 is 42.0. The van der Waals surface area contributed by atoms with Crippen LogP contribution in [0.5, 0.6) is 0 Å². The molecule has 0 atom stereocenters. The van der Waals surface area contributed by atoms with Gasteiger partial charge in [0.1, 0.15) is 0 Å². The van der Waals surface area contributed by atoms with Crippen molar-refractivity contribution in [3.63, 3.8) is 0 Å². The maximum atomic E-state index is 12.5. The molecule has 2 aliphatic heterocycles. The first-order chi connectivity index (χ1) is 11.7. The van der Waals surface area contributed by atoms with Crippen molar-refractivity contribution in [3.05, 3.63) is 29.8 Å². The Morgan fingerprint density at radius 3 is 2.36 bits per heavy atom. The third kappa shape index (κ3) is 3.67. The van der Waals surface area contributed by atoms with Gasteiger partial charge in [0.05, 0.1) is 5.56 Å². The SMILES string of the molecule is O=C(Nc1ccc(C(F)(F)F)cc1)N1CC(CN2C(=O)COC2=O)C1. The number of benzene rings is 1. The molecule has 0 aromatic heterocycles. The van der Waals surface area contributed by atoms with Gasteiger partial charge in [0.15, 0.2) is 6.61 Å². The van der Waals surface area contributed by atoms with Gasteiger partial charge < -0.3 is 15.0 Å². The number of anilines is 1. The van der Waals surface area contributed by atoms with Crippen molar-refractivity contribution < 1.29 is 32.3 Å². The lowest BCUT2D eigenvalue weighted by atomic mass is 10.0. The number of rotatable bonds is 3. The zero-order valence-electron chi connectivity index (χ0n) is 12.9. The van der Waals surface area contributed by atoms with Crippen LogP contribution in [0.25, 0.3) is 0 Å². The van der Waals surface area contributed by atoms with E-state index in [1.807, 2.05) is 0 Å². The van der Waals surface area contributed by atoms with Gasteiger partial charge in [0.2, 0.25) is 0 Å². The topological polar surface area (TPSA) is 79.0 Å². The predicted octanol–water partition coefficient (Wildman–Crippen LogP) is 2.15. The van der Waals surface area contributed by atoms with E-state index < -0.39 is 29.8 Å². The third-order valence-corrected chi connectivity index (χ3v) is 3.99. The second-order valence-electron chi connectivity index (χ2n) is 5.84. The Morgan fingerprint density at radius 2 is 1.84 bits per heavy atom. The van der Waals surface area contributed by atoms with Crippen molar-refractivity contribution in [2.75, 3.05) is 31.6 Å². The average molecular weight is 357 g/mol. The van der Waals surface area contributed by atoms with E-state index in [1.54, 1.807) is 0 Å². The highest BCUT2D eigenvalue weighted by Crippen LogP contribution is 2.30. The van der Waals surface area contributed by atoms with Gasteiger partial charge in [-0.15, -0.1) is 0 Å². The number of halogens is 3. The van der Waals surface area contributed by atoms with Crippen molar-refractivity contribution in [3.8, 4) is 0 Å². The van der Waals surface area contributed by atoms with Crippen molar-refractivity contribution in [2.45, 2.75) is 6.18 Å². The van der Waals surface area contributed by atoms with Gasteiger partial charge in [0.25, 0.3) is 5.91 Å². The van der Waals surface area contributed by atoms with Crippen LogP contribution >= 0.6 is 0 Å². The Balaban J connectivity index is 1.47. The molecule has 10 heteroatoms. The van der Waals surface area contributed by atoms with Gasteiger partial charge >= 0.3 is 18.3 Å². The van der Waals surface area contributed by atoms with E-state index in [0.717, 1.165) is 17.0 Å². The normalized spacial score (nSPS) is 18.2. The molecule has 3 rings (SSSR count). The summed E-state index contributed by atoms with van der Waals surface area (Å²) in [7, 11) is 0. The van der Waals surface area contributed by atoms with Crippen LogP contribution < -0.4 is 5.32 Å². The number of cyclic esters (lactones) is 1. The van der Waals surface area contributed by atoms with Gasteiger partial charge in [-0.3, -0.25) is 4.79 Å². The maximum Gasteiger partial charge on any atom is 0.417 e. The quantitative estimate of drug-likeness (QED) is 0.899. The minimum atomic E-state index is -4.43. The molecule has 1 N–H and O–H groups in total. The smallest absolute Gasteiger partial charge is 0.417 e. The first-order valence-electron chi connectivity index (χ1n) is 7.44. The van der Waals surface area contributed by atoms with E-state index in [0.29, 0.717) is 13.1 Å². The Hall–Kier alpha value is -2.78. The van der Waals surface area contributed by atoms with Crippen LogP contribution in [0.4, 0.5) is 28.4 Å². The summed E-state index contributed by atoms with van der Waals surface area (Å²) in [5, 5.41) is 2.50. The molecule has 0 saturated carbocycles. The average Bonchev–Trinajstić information content (AvgIpc) is 2.81. The summed E-state index contributed by atoms with van der Waals surface area (Å²) >= 11 is 0. The van der Waals surface area contributed by atoms with Crippen molar-refractivity contribution in [1.82, 2.24) is 9.80 Å². The molecular formula is C15H14F3N3O4. The van der Waals surface area contributed by atoms with Crippen molar-refractivity contribution in [1.29, 1.82) is 0 Å². The molecule has 2 saturated heterocycles. The van der Waals surface area contributed by atoms with Gasteiger partial charge in [-0.05, 0) is 24.3 Å². The molecule has 0 unspecified atom stereocenters. The number of nitrogens with one attached hydrogen (secondary N) is 1. The molecule has 0 bridgehead atoms. The van der Waals surface area contributed by atoms with E-state index in [4.69, 9.17) is 0 Å². The summed E-state index contributed by atoms with van der Waals surface area (Å²) in [4.78, 5) is 37.2. The van der Waals surface area contributed by atoms with Crippen LogP contribution in [0.15, 0.2) is 24.3 Å². The fourth-order valence-electron chi connectivity index (χ4n) is 2.61. The number of carbonyl (C=O) groups excluding carboxylic acids is 3. The molecule has 0 radical (unpaired) electrons. The zero-order chi connectivity index (χ0) is 18.2. The Bertz CT molecular complexity index is 683.